The van der Waals surface area contributed by atoms with Gasteiger partial charge in [0.05, 0.1) is 12.1 Å². The maximum atomic E-state index is 13.9. The summed E-state index contributed by atoms with van der Waals surface area (Å²) < 4.78 is 19.4. The fourth-order valence-electron chi connectivity index (χ4n) is 1.95. The number of rotatable bonds is 7. The minimum atomic E-state index is -0.577. The van der Waals surface area contributed by atoms with Gasteiger partial charge in [-0.15, -0.1) is 0 Å². The molecule has 1 aromatic rings. The Morgan fingerprint density at radius 1 is 1.57 bits per heavy atom. The third kappa shape index (κ3) is 4.61. The largest absolute Gasteiger partial charge is 0.487 e. The monoisotopic (exact) mass is 312 g/mol. The van der Waals surface area contributed by atoms with E-state index in [2.05, 4.69) is 5.32 Å². The number of nitrogens with two attached hydrogens (primary N) is 1. The lowest BCUT2D eigenvalue weighted by molar-refractivity contribution is -0.117. The summed E-state index contributed by atoms with van der Waals surface area (Å²) in [4.78, 5) is 11.8. The molecule has 1 amide bonds. The lowest BCUT2D eigenvalue weighted by atomic mass is 9.96. The van der Waals surface area contributed by atoms with Crippen molar-refractivity contribution in [3.63, 3.8) is 0 Å². The molecule has 1 aliphatic carbocycles. The second kappa shape index (κ2) is 7.66. The van der Waals surface area contributed by atoms with Gasteiger partial charge in [-0.05, 0) is 49.8 Å². The van der Waals surface area contributed by atoms with Crippen LogP contribution in [0.3, 0.4) is 0 Å². The molecule has 1 fully saturated rings. The maximum Gasteiger partial charge on any atom is 0.241 e. The fourth-order valence-corrected chi connectivity index (χ4v) is 2.44. The van der Waals surface area contributed by atoms with Gasteiger partial charge < -0.3 is 15.8 Å². The van der Waals surface area contributed by atoms with Crippen LogP contribution in [0.25, 0.3) is 0 Å². The molecule has 1 saturated carbocycles. The van der Waals surface area contributed by atoms with E-state index < -0.39 is 11.9 Å². The summed E-state index contributed by atoms with van der Waals surface area (Å²) in [6.07, 6.45) is 5.76. The number of ether oxygens (including phenoxy) is 1. The summed E-state index contributed by atoms with van der Waals surface area (Å²) in [6.45, 7) is 0. The van der Waals surface area contributed by atoms with Gasteiger partial charge in [-0.2, -0.15) is 11.8 Å². The number of thioether (sulfide) groups is 1. The van der Waals surface area contributed by atoms with E-state index in [0.717, 1.165) is 25.0 Å². The summed E-state index contributed by atoms with van der Waals surface area (Å²) in [6, 6.07) is 3.88. The first-order chi connectivity index (χ1) is 10.1. The molecule has 6 heteroatoms. The smallest absolute Gasteiger partial charge is 0.241 e. The second-order valence-electron chi connectivity index (χ2n) is 5.19. The molecule has 0 aromatic heterocycles. The fraction of sp³-hybridized carbons (Fsp3) is 0.533. The SMILES string of the molecule is CSCC[C@H](N)C(=O)Nc1ccc(OC2CCC2)c(F)c1. The molecule has 0 saturated heterocycles. The van der Waals surface area contributed by atoms with E-state index in [1.54, 1.807) is 23.9 Å². The molecule has 0 bridgehead atoms. The van der Waals surface area contributed by atoms with E-state index in [4.69, 9.17) is 10.5 Å². The van der Waals surface area contributed by atoms with Gasteiger partial charge in [0, 0.05) is 11.8 Å². The van der Waals surface area contributed by atoms with Crippen molar-refractivity contribution in [2.75, 3.05) is 17.3 Å². The van der Waals surface area contributed by atoms with Gasteiger partial charge in [-0.3, -0.25) is 4.79 Å². The summed E-state index contributed by atoms with van der Waals surface area (Å²) in [5, 5.41) is 2.63. The Balaban J connectivity index is 1.91. The number of nitrogens with one attached hydrogen (secondary N) is 1. The highest BCUT2D eigenvalue weighted by molar-refractivity contribution is 7.98. The minimum Gasteiger partial charge on any atom is -0.487 e. The van der Waals surface area contributed by atoms with Gasteiger partial charge in [0.15, 0.2) is 11.6 Å². The van der Waals surface area contributed by atoms with E-state index in [1.807, 2.05) is 6.26 Å². The third-order valence-corrected chi connectivity index (χ3v) is 4.16. The standard InChI is InChI=1S/C15H21FN2O2S/c1-21-8-7-13(17)15(19)18-10-5-6-14(12(16)9-10)20-11-3-2-4-11/h5-6,9,11,13H,2-4,7-8,17H2,1H3,(H,18,19)/t13-/m0/s1. The minimum absolute atomic E-state index is 0.125. The van der Waals surface area contributed by atoms with Gasteiger partial charge in [0.2, 0.25) is 5.91 Å². The quantitative estimate of drug-likeness (QED) is 0.812. The van der Waals surface area contributed by atoms with Crippen molar-refractivity contribution < 1.29 is 13.9 Å². The molecule has 1 aromatic carbocycles. The molecule has 0 spiro atoms. The van der Waals surface area contributed by atoms with Crippen molar-refractivity contribution in [3.05, 3.63) is 24.0 Å². The zero-order valence-corrected chi connectivity index (χ0v) is 12.9. The lowest BCUT2D eigenvalue weighted by Crippen LogP contribution is -2.36. The molecule has 116 valence electrons. The Morgan fingerprint density at radius 2 is 2.33 bits per heavy atom. The molecular formula is C15H21FN2O2S. The number of carbonyl (C=O) groups is 1. The zero-order chi connectivity index (χ0) is 15.2. The topological polar surface area (TPSA) is 64.4 Å². The number of hydrogen-bond acceptors (Lipinski definition) is 4. The number of hydrogen-bond donors (Lipinski definition) is 2. The highest BCUT2D eigenvalue weighted by atomic mass is 32.2. The number of benzene rings is 1. The van der Waals surface area contributed by atoms with Crippen LogP contribution in [0.15, 0.2) is 18.2 Å². The molecule has 21 heavy (non-hydrogen) atoms. The van der Waals surface area contributed by atoms with Crippen molar-refractivity contribution in [3.8, 4) is 5.75 Å². The summed E-state index contributed by atoms with van der Waals surface area (Å²) in [7, 11) is 0. The van der Waals surface area contributed by atoms with Crippen LogP contribution < -0.4 is 15.8 Å². The first-order valence-electron chi connectivity index (χ1n) is 7.11. The van der Waals surface area contributed by atoms with Gasteiger partial charge in [-0.25, -0.2) is 4.39 Å². The molecular weight excluding hydrogens is 291 g/mol. The number of amides is 1. The van der Waals surface area contributed by atoms with Crippen LogP contribution in [0.1, 0.15) is 25.7 Å². The molecule has 0 unspecified atom stereocenters. The molecule has 4 nitrogen and oxygen atoms in total. The first kappa shape index (κ1) is 16.1. The van der Waals surface area contributed by atoms with Crippen LogP contribution in [0.2, 0.25) is 0 Å². The predicted octanol–water partition coefficient (Wildman–Crippen LogP) is 2.78. The van der Waals surface area contributed by atoms with Crippen LogP contribution in [0, 0.1) is 5.82 Å². The molecule has 0 heterocycles. The predicted molar refractivity (Wildman–Crippen MR) is 84.3 cm³/mol. The molecule has 0 radical (unpaired) electrons. The second-order valence-corrected chi connectivity index (χ2v) is 6.18. The van der Waals surface area contributed by atoms with E-state index in [1.165, 1.54) is 6.07 Å². The molecule has 3 N–H and O–H groups in total. The Hall–Kier alpha value is -1.27. The van der Waals surface area contributed by atoms with Crippen molar-refractivity contribution in [1.29, 1.82) is 0 Å². The summed E-state index contributed by atoms with van der Waals surface area (Å²) >= 11 is 1.63. The van der Waals surface area contributed by atoms with Gasteiger partial charge in [-0.1, -0.05) is 0 Å². The van der Waals surface area contributed by atoms with Crippen LogP contribution in [0.5, 0.6) is 5.75 Å². The van der Waals surface area contributed by atoms with E-state index in [0.29, 0.717) is 12.1 Å². The van der Waals surface area contributed by atoms with Crippen molar-refractivity contribution in [2.45, 2.75) is 37.8 Å². The molecule has 1 aliphatic rings. The van der Waals surface area contributed by atoms with Crippen molar-refractivity contribution in [2.24, 2.45) is 5.73 Å². The first-order valence-corrected chi connectivity index (χ1v) is 8.51. The van der Waals surface area contributed by atoms with Crippen molar-refractivity contribution >= 4 is 23.4 Å². The number of carbonyl (C=O) groups excluding carboxylic acids is 1. The lowest BCUT2D eigenvalue weighted by Gasteiger charge is -2.26. The normalized spacial score (nSPS) is 16.1. The van der Waals surface area contributed by atoms with Crippen molar-refractivity contribution in [1.82, 2.24) is 0 Å². The molecule has 1 atom stereocenters. The van der Waals surface area contributed by atoms with Gasteiger partial charge >= 0.3 is 0 Å². The summed E-state index contributed by atoms with van der Waals surface area (Å²) in [5.74, 6) is 0.301. The Labute approximate surface area is 128 Å². The summed E-state index contributed by atoms with van der Waals surface area (Å²) in [5.41, 5.74) is 6.17. The average molecular weight is 312 g/mol. The number of halogens is 1. The van der Waals surface area contributed by atoms with Crippen LogP contribution in [0.4, 0.5) is 10.1 Å². The highest BCUT2D eigenvalue weighted by Crippen LogP contribution is 2.28. The average Bonchev–Trinajstić information content (AvgIpc) is 2.41. The van der Waals surface area contributed by atoms with Gasteiger partial charge in [0.1, 0.15) is 0 Å². The Bertz CT molecular complexity index is 495. The van der Waals surface area contributed by atoms with E-state index >= 15 is 0 Å². The zero-order valence-electron chi connectivity index (χ0n) is 12.1. The third-order valence-electron chi connectivity index (χ3n) is 3.52. The van der Waals surface area contributed by atoms with Crippen LogP contribution in [-0.2, 0) is 4.79 Å². The van der Waals surface area contributed by atoms with Crippen LogP contribution >= 0.6 is 11.8 Å². The van der Waals surface area contributed by atoms with Gasteiger partial charge in [0.25, 0.3) is 0 Å². The molecule has 2 rings (SSSR count). The molecule has 0 aliphatic heterocycles. The Kier molecular flexibility index (Phi) is 5.87. The Morgan fingerprint density at radius 3 is 2.90 bits per heavy atom. The van der Waals surface area contributed by atoms with E-state index in [9.17, 15) is 9.18 Å². The van der Waals surface area contributed by atoms with E-state index in [-0.39, 0.29) is 17.8 Å². The highest BCUT2D eigenvalue weighted by Gasteiger charge is 2.21. The van der Waals surface area contributed by atoms with Crippen LogP contribution in [-0.4, -0.2) is 30.1 Å². The maximum absolute atomic E-state index is 13.9. The number of anilines is 1.